The Balaban J connectivity index is 2.89. The van der Waals surface area contributed by atoms with E-state index in [0.29, 0.717) is 18.9 Å². The van der Waals surface area contributed by atoms with Crippen LogP contribution in [0.4, 0.5) is 0 Å². The van der Waals surface area contributed by atoms with Gasteiger partial charge in [-0.2, -0.15) is 0 Å². The molecule has 0 aliphatic heterocycles. The minimum Gasteiger partial charge on any atom is -0.314 e. The molecule has 0 unspecified atom stereocenters. The zero-order valence-corrected chi connectivity index (χ0v) is 8.79. The van der Waals surface area contributed by atoms with Crippen molar-refractivity contribution in [1.82, 2.24) is 20.2 Å². The molecule has 14 heavy (non-hydrogen) atoms. The maximum Gasteiger partial charge on any atom is 0.251 e. The van der Waals surface area contributed by atoms with E-state index in [4.69, 9.17) is 0 Å². The van der Waals surface area contributed by atoms with Gasteiger partial charge in [0, 0.05) is 12.6 Å². The number of aromatic amines is 1. The number of rotatable bonds is 4. The maximum absolute atomic E-state index is 11.2. The molecule has 0 bridgehead atoms. The molecule has 1 heterocycles. The van der Waals surface area contributed by atoms with Crippen LogP contribution in [0.1, 0.15) is 11.5 Å². The fourth-order valence-electron chi connectivity index (χ4n) is 1.21. The van der Waals surface area contributed by atoms with Crippen molar-refractivity contribution in [2.75, 3.05) is 21.1 Å². The average Bonchev–Trinajstić information content (AvgIpc) is 2.01. The molecule has 1 aromatic heterocycles. The highest BCUT2D eigenvalue weighted by Crippen LogP contribution is 1.94. The first kappa shape index (κ1) is 10.9. The van der Waals surface area contributed by atoms with E-state index >= 15 is 0 Å². The minimum atomic E-state index is -0.0953. The van der Waals surface area contributed by atoms with Crippen LogP contribution >= 0.6 is 0 Å². The summed E-state index contributed by atoms with van der Waals surface area (Å²) in [4.78, 5) is 20.2. The van der Waals surface area contributed by atoms with Gasteiger partial charge in [-0.25, -0.2) is 4.98 Å². The second kappa shape index (κ2) is 4.88. The van der Waals surface area contributed by atoms with Crippen molar-refractivity contribution in [3.05, 3.63) is 27.9 Å². The predicted molar refractivity (Wildman–Crippen MR) is 55.0 cm³/mol. The molecule has 0 aromatic carbocycles. The Labute approximate surface area is 83.2 Å². The molecular weight excluding hydrogens is 180 g/mol. The number of nitrogens with zero attached hydrogens (tertiary/aromatic N) is 2. The summed E-state index contributed by atoms with van der Waals surface area (Å²) < 4.78 is 0. The topological polar surface area (TPSA) is 61.0 Å². The lowest BCUT2D eigenvalue weighted by atomic mass is 10.4. The largest absolute Gasteiger partial charge is 0.314 e. The Hall–Kier alpha value is -1.20. The third-order valence-corrected chi connectivity index (χ3v) is 1.67. The lowest BCUT2D eigenvalue weighted by Crippen LogP contribution is -2.20. The summed E-state index contributed by atoms with van der Waals surface area (Å²) >= 11 is 0. The van der Waals surface area contributed by atoms with E-state index in [9.17, 15) is 4.79 Å². The van der Waals surface area contributed by atoms with Gasteiger partial charge in [0.25, 0.3) is 5.56 Å². The van der Waals surface area contributed by atoms with Gasteiger partial charge in [0.1, 0.15) is 5.82 Å². The lowest BCUT2D eigenvalue weighted by Gasteiger charge is -2.09. The molecule has 0 saturated heterocycles. The third-order valence-electron chi connectivity index (χ3n) is 1.67. The van der Waals surface area contributed by atoms with Crippen molar-refractivity contribution < 1.29 is 0 Å². The summed E-state index contributed by atoms with van der Waals surface area (Å²) in [7, 11) is 5.70. The molecule has 1 aromatic rings. The van der Waals surface area contributed by atoms with Crippen LogP contribution in [0.25, 0.3) is 0 Å². The van der Waals surface area contributed by atoms with Crippen molar-refractivity contribution in [3.8, 4) is 0 Å². The predicted octanol–water partition coefficient (Wildman–Crippen LogP) is -0.449. The summed E-state index contributed by atoms with van der Waals surface area (Å²) in [6.07, 6.45) is 0. The van der Waals surface area contributed by atoms with Gasteiger partial charge < -0.3 is 15.2 Å². The normalized spacial score (nSPS) is 10.9. The molecule has 0 fully saturated rings. The number of hydrogen-bond acceptors (Lipinski definition) is 4. The zero-order valence-electron chi connectivity index (χ0n) is 8.79. The molecule has 0 atom stereocenters. The second-order valence-corrected chi connectivity index (χ2v) is 3.45. The second-order valence-electron chi connectivity index (χ2n) is 3.45. The Morgan fingerprint density at radius 2 is 2.29 bits per heavy atom. The monoisotopic (exact) mass is 196 g/mol. The standard InChI is InChI=1S/C9H16N4O/c1-10-5-7-4-9(14)12-8(11-7)6-13(2)3/h4,10H,5-6H2,1-3H3,(H,11,12,14). The Morgan fingerprint density at radius 1 is 1.57 bits per heavy atom. The van der Waals surface area contributed by atoms with E-state index in [1.165, 1.54) is 6.07 Å². The maximum atomic E-state index is 11.2. The fraction of sp³-hybridized carbons (Fsp3) is 0.556. The molecule has 78 valence electrons. The quantitative estimate of drug-likeness (QED) is 0.685. The molecule has 0 aliphatic rings. The van der Waals surface area contributed by atoms with E-state index in [0.717, 1.165) is 5.69 Å². The summed E-state index contributed by atoms with van der Waals surface area (Å²) in [5, 5.41) is 2.96. The van der Waals surface area contributed by atoms with Crippen molar-refractivity contribution in [2.24, 2.45) is 0 Å². The Kier molecular flexibility index (Phi) is 3.79. The van der Waals surface area contributed by atoms with Crippen LogP contribution in [0, 0.1) is 0 Å². The highest BCUT2D eigenvalue weighted by molar-refractivity contribution is 5.02. The molecule has 5 heteroatoms. The smallest absolute Gasteiger partial charge is 0.251 e. The van der Waals surface area contributed by atoms with E-state index < -0.39 is 0 Å². The highest BCUT2D eigenvalue weighted by Gasteiger charge is 2.01. The Morgan fingerprint density at radius 3 is 2.86 bits per heavy atom. The first-order valence-electron chi connectivity index (χ1n) is 4.50. The van der Waals surface area contributed by atoms with Crippen molar-refractivity contribution in [3.63, 3.8) is 0 Å². The SMILES string of the molecule is CNCc1cc(=O)[nH]c(CN(C)C)n1. The molecule has 0 spiro atoms. The molecular formula is C9H16N4O. The number of aromatic nitrogens is 2. The molecule has 0 amide bonds. The number of H-pyrrole nitrogens is 1. The summed E-state index contributed by atoms with van der Waals surface area (Å²) in [5.74, 6) is 0.702. The van der Waals surface area contributed by atoms with E-state index in [2.05, 4.69) is 15.3 Å². The van der Waals surface area contributed by atoms with Gasteiger partial charge in [-0.3, -0.25) is 4.79 Å². The lowest BCUT2D eigenvalue weighted by molar-refractivity contribution is 0.389. The van der Waals surface area contributed by atoms with Crippen LogP contribution in [0.15, 0.2) is 10.9 Å². The van der Waals surface area contributed by atoms with Gasteiger partial charge in [0.05, 0.1) is 12.2 Å². The van der Waals surface area contributed by atoms with Crippen molar-refractivity contribution in [1.29, 1.82) is 0 Å². The molecule has 2 N–H and O–H groups in total. The van der Waals surface area contributed by atoms with Gasteiger partial charge in [-0.1, -0.05) is 0 Å². The first-order chi connectivity index (χ1) is 6.61. The zero-order chi connectivity index (χ0) is 10.6. The average molecular weight is 196 g/mol. The van der Waals surface area contributed by atoms with Gasteiger partial charge in [-0.05, 0) is 21.1 Å². The molecule has 0 aliphatic carbocycles. The molecule has 0 saturated carbocycles. The highest BCUT2D eigenvalue weighted by atomic mass is 16.1. The number of hydrogen-bond donors (Lipinski definition) is 2. The van der Waals surface area contributed by atoms with Gasteiger partial charge >= 0.3 is 0 Å². The van der Waals surface area contributed by atoms with E-state index in [1.807, 2.05) is 26.0 Å². The minimum absolute atomic E-state index is 0.0953. The first-order valence-corrected chi connectivity index (χ1v) is 4.50. The Bertz CT molecular complexity index is 345. The number of nitrogens with one attached hydrogen (secondary N) is 2. The van der Waals surface area contributed by atoms with Crippen molar-refractivity contribution in [2.45, 2.75) is 13.1 Å². The molecule has 1 rings (SSSR count). The van der Waals surface area contributed by atoms with E-state index in [-0.39, 0.29) is 5.56 Å². The third kappa shape index (κ3) is 3.27. The molecule has 0 radical (unpaired) electrons. The van der Waals surface area contributed by atoms with Crippen LogP contribution in [0.3, 0.4) is 0 Å². The van der Waals surface area contributed by atoms with Gasteiger partial charge in [-0.15, -0.1) is 0 Å². The van der Waals surface area contributed by atoms with Gasteiger partial charge in [0.15, 0.2) is 0 Å². The van der Waals surface area contributed by atoms with Crippen LogP contribution in [-0.4, -0.2) is 36.0 Å². The summed E-state index contributed by atoms with van der Waals surface area (Å²) in [5.41, 5.74) is 0.676. The van der Waals surface area contributed by atoms with Gasteiger partial charge in [0.2, 0.25) is 0 Å². The molecule has 5 nitrogen and oxygen atoms in total. The van der Waals surface area contributed by atoms with Crippen LogP contribution in [0.2, 0.25) is 0 Å². The van der Waals surface area contributed by atoms with Crippen LogP contribution in [0.5, 0.6) is 0 Å². The van der Waals surface area contributed by atoms with Crippen LogP contribution in [-0.2, 0) is 13.1 Å². The summed E-state index contributed by atoms with van der Waals surface area (Å²) in [6.45, 7) is 1.26. The van der Waals surface area contributed by atoms with Crippen LogP contribution < -0.4 is 10.9 Å². The van der Waals surface area contributed by atoms with E-state index in [1.54, 1.807) is 0 Å². The van der Waals surface area contributed by atoms with Crippen molar-refractivity contribution >= 4 is 0 Å². The summed E-state index contributed by atoms with van der Waals surface area (Å²) in [6, 6.07) is 1.51. The fourth-order valence-corrected chi connectivity index (χ4v) is 1.21.